The lowest BCUT2D eigenvalue weighted by Crippen LogP contribution is -2.42. The molecule has 2 unspecified atom stereocenters. The van der Waals surface area contributed by atoms with Crippen LogP contribution in [-0.2, 0) is 26.6 Å². The van der Waals surface area contributed by atoms with Crippen molar-refractivity contribution in [3.05, 3.63) is 47.8 Å². The molecule has 2 amide bonds. The van der Waals surface area contributed by atoms with Gasteiger partial charge in [0.05, 0.1) is 12.7 Å². The number of esters is 1. The summed E-state index contributed by atoms with van der Waals surface area (Å²) in [6.45, 7) is 4.04. The molecule has 0 radical (unpaired) electrons. The Morgan fingerprint density at radius 2 is 1.79 bits per heavy atom. The van der Waals surface area contributed by atoms with E-state index in [1.165, 1.54) is 40.2 Å². The molecule has 10 nitrogen and oxygen atoms in total. The van der Waals surface area contributed by atoms with Gasteiger partial charge in [-0.25, -0.2) is 13.2 Å². The van der Waals surface area contributed by atoms with Gasteiger partial charge >= 0.3 is 5.97 Å². The highest BCUT2D eigenvalue weighted by molar-refractivity contribution is 7.89. The number of carbonyl (C=O) groups excluding carboxylic acids is 3. The number of carbonyl (C=O) groups is 3. The van der Waals surface area contributed by atoms with E-state index in [0.717, 1.165) is 6.42 Å². The molecule has 2 heterocycles. The summed E-state index contributed by atoms with van der Waals surface area (Å²) >= 11 is 0. The minimum Gasteiger partial charge on any atom is -0.495 e. The number of imide groups is 1. The Hall–Kier alpha value is -3.18. The predicted molar refractivity (Wildman–Crippen MR) is 123 cm³/mol. The number of piperidine rings is 1. The van der Waals surface area contributed by atoms with Crippen LogP contribution >= 0.6 is 0 Å². The van der Waals surface area contributed by atoms with E-state index < -0.39 is 34.4 Å². The number of methoxy groups -OCH3 is 1. The molecule has 0 bridgehead atoms. The van der Waals surface area contributed by atoms with Gasteiger partial charge < -0.3 is 14.0 Å². The van der Waals surface area contributed by atoms with E-state index >= 15 is 0 Å². The Morgan fingerprint density at radius 3 is 2.38 bits per heavy atom. The minimum absolute atomic E-state index is 0.0564. The highest BCUT2D eigenvalue weighted by atomic mass is 32.2. The lowest BCUT2D eigenvalue weighted by Gasteiger charge is -2.34. The SMILES string of the molecule is COc1ccc(C(=O)OCC(=O)NC(=O)c2cccn2C)cc1S(=O)(=O)N1CC(C)CC(C)C1. The molecule has 34 heavy (non-hydrogen) atoms. The smallest absolute Gasteiger partial charge is 0.338 e. The predicted octanol–water partition coefficient (Wildman–Crippen LogP) is 1.81. The van der Waals surface area contributed by atoms with Crippen molar-refractivity contribution < 1.29 is 32.3 Å². The van der Waals surface area contributed by atoms with E-state index in [1.54, 1.807) is 19.3 Å². The monoisotopic (exact) mass is 491 g/mol. The van der Waals surface area contributed by atoms with Crippen molar-refractivity contribution in [3.8, 4) is 5.75 Å². The first-order valence-corrected chi connectivity index (χ1v) is 12.3. The van der Waals surface area contributed by atoms with Crippen LogP contribution in [0.15, 0.2) is 41.4 Å². The first-order chi connectivity index (χ1) is 16.0. The van der Waals surface area contributed by atoms with Gasteiger partial charge in [0.25, 0.3) is 11.8 Å². The molecule has 1 aromatic carbocycles. The Balaban J connectivity index is 1.72. The zero-order valence-corrected chi connectivity index (χ0v) is 20.4. The molecule has 1 aromatic heterocycles. The van der Waals surface area contributed by atoms with Crippen LogP contribution in [0.2, 0.25) is 0 Å². The summed E-state index contributed by atoms with van der Waals surface area (Å²) in [5.74, 6) is -1.83. The van der Waals surface area contributed by atoms with Gasteiger partial charge in [0.2, 0.25) is 10.0 Å². The molecule has 1 aliphatic heterocycles. The van der Waals surface area contributed by atoms with Crippen LogP contribution in [0.4, 0.5) is 0 Å². The van der Waals surface area contributed by atoms with Gasteiger partial charge in [-0.15, -0.1) is 0 Å². The zero-order chi connectivity index (χ0) is 25.0. The second-order valence-corrected chi connectivity index (χ2v) is 10.5. The first kappa shape index (κ1) is 25.4. The first-order valence-electron chi connectivity index (χ1n) is 10.8. The summed E-state index contributed by atoms with van der Waals surface area (Å²) < 4.78 is 39.9. The van der Waals surface area contributed by atoms with E-state index in [9.17, 15) is 22.8 Å². The second-order valence-electron chi connectivity index (χ2n) is 8.59. The quantitative estimate of drug-likeness (QED) is 0.586. The standard InChI is InChI=1S/C23H29N3O7S/c1-15-10-16(2)13-26(12-15)34(30,31)20-11-17(7-8-19(20)32-4)23(29)33-14-21(27)24-22(28)18-6-5-9-25(18)3/h5-9,11,15-16H,10,12-14H2,1-4H3,(H,24,27,28). The molecule has 1 aliphatic rings. The number of sulfonamides is 1. The summed E-state index contributed by atoms with van der Waals surface area (Å²) in [6, 6.07) is 7.11. The number of hydrogen-bond donors (Lipinski definition) is 1. The van der Waals surface area contributed by atoms with Gasteiger partial charge in [-0.1, -0.05) is 13.8 Å². The molecule has 2 aromatic rings. The van der Waals surface area contributed by atoms with Crippen LogP contribution in [0.3, 0.4) is 0 Å². The molecule has 0 spiro atoms. The fourth-order valence-corrected chi connectivity index (χ4v) is 5.95. The Labute approximate surface area is 198 Å². The highest BCUT2D eigenvalue weighted by Gasteiger charge is 2.34. The molecule has 2 atom stereocenters. The summed E-state index contributed by atoms with van der Waals surface area (Å²) in [5, 5.41) is 2.14. The number of nitrogens with zero attached hydrogens (tertiary/aromatic N) is 2. The lowest BCUT2D eigenvalue weighted by atomic mass is 9.94. The highest BCUT2D eigenvalue weighted by Crippen LogP contribution is 2.32. The van der Waals surface area contributed by atoms with Crippen LogP contribution in [0.5, 0.6) is 5.75 Å². The topological polar surface area (TPSA) is 124 Å². The number of hydrogen-bond acceptors (Lipinski definition) is 7. The molecule has 1 fully saturated rings. The number of aryl methyl sites for hydroxylation is 1. The maximum Gasteiger partial charge on any atom is 0.338 e. The maximum atomic E-state index is 13.4. The van der Waals surface area contributed by atoms with E-state index in [-0.39, 0.29) is 33.7 Å². The van der Waals surface area contributed by atoms with Gasteiger partial charge in [-0.3, -0.25) is 14.9 Å². The molecular formula is C23H29N3O7S. The molecule has 0 aliphatic carbocycles. The minimum atomic E-state index is -3.93. The van der Waals surface area contributed by atoms with Crippen LogP contribution in [0, 0.1) is 11.8 Å². The van der Waals surface area contributed by atoms with Gasteiger partial charge in [0.1, 0.15) is 16.3 Å². The van der Waals surface area contributed by atoms with Crippen molar-refractivity contribution in [2.45, 2.75) is 25.2 Å². The van der Waals surface area contributed by atoms with Gasteiger partial charge in [0.15, 0.2) is 6.61 Å². The average molecular weight is 492 g/mol. The van der Waals surface area contributed by atoms with Crippen molar-refractivity contribution in [2.24, 2.45) is 18.9 Å². The largest absolute Gasteiger partial charge is 0.495 e. The second kappa shape index (κ2) is 10.4. The summed E-state index contributed by atoms with van der Waals surface area (Å²) in [7, 11) is -0.927. The molecule has 1 saturated heterocycles. The normalized spacial score (nSPS) is 18.8. The van der Waals surface area contributed by atoms with Crippen molar-refractivity contribution in [1.29, 1.82) is 0 Å². The summed E-state index contributed by atoms with van der Waals surface area (Å²) in [6.07, 6.45) is 2.59. The molecule has 11 heteroatoms. The molecular weight excluding hydrogens is 462 g/mol. The van der Waals surface area contributed by atoms with Crippen molar-refractivity contribution >= 4 is 27.8 Å². The third kappa shape index (κ3) is 5.65. The molecule has 3 rings (SSSR count). The number of amides is 2. The van der Waals surface area contributed by atoms with Crippen LogP contribution < -0.4 is 10.1 Å². The van der Waals surface area contributed by atoms with E-state index in [2.05, 4.69) is 5.32 Å². The molecule has 0 saturated carbocycles. The third-order valence-corrected chi connectivity index (χ3v) is 7.47. The van der Waals surface area contributed by atoms with Crippen LogP contribution in [-0.4, -0.2) is 61.9 Å². The number of rotatable bonds is 7. The Bertz CT molecular complexity index is 1180. The summed E-state index contributed by atoms with van der Waals surface area (Å²) in [4.78, 5) is 36.5. The average Bonchev–Trinajstić information content (AvgIpc) is 3.22. The van der Waals surface area contributed by atoms with Gasteiger partial charge in [-0.05, 0) is 48.6 Å². The van der Waals surface area contributed by atoms with E-state index in [1.807, 2.05) is 13.8 Å². The zero-order valence-electron chi connectivity index (χ0n) is 19.6. The summed E-state index contributed by atoms with van der Waals surface area (Å²) in [5.41, 5.74) is 0.213. The number of aromatic nitrogens is 1. The Kier molecular flexibility index (Phi) is 7.78. The fraction of sp³-hybridized carbons (Fsp3) is 0.435. The molecule has 1 N–H and O–H groups in total. The number of benzene rings is 1. The van der Waals surface area contributed by atoms with Crippen molar-refractivity contribution in [1.82, 2.24) is 14.2 Å². The van der Waals surface area contributed by atoms with Gasteiger partial charge in [0, 0.05) is 26.3 Å². The van der Waals surface area contributed by atoms with Crippen LogP contribution in [0.1, 0.15) is 41.1 Å². The fourth-order valence-electron chi connectivity index (χ4n) is 4.08. The van der Waals surface area contributed by atoms with E-state index in [0.29, 0.717) is 13.1 Å². The van der Waals surface area contributed by atoms with E-state index in [4.69, 9.17) is 9.47 Å². The number of nitrogens with one attached hydrogen (secondary N) is 1. The third-order valence-electron chi connectivity index (χ3n) is 5.62. The Morgan fingerprint density at radius 1 is 1.12 bits per heavy atom. The lowest BCUT2D eigenvalue weighted by molar-refractivity contribution is -0.123. The maximum absolute atomic E-state index is 13.4. The molecule has 184 valence electrons. The van der Waals surface area contributed by atoms with Crippen molar-refractivity contribution in [3.63, 3.8) is 0 Å². The van der Waals surface area contributed by atoms with Gasteiger partial charge in [-0.2, -0.15) is 4.31 Å². The van der Waals surface area contributed by atoms with Crippen molar-refractivity contribution in [2.75, 3.05) is 26.8 Å². The van der Waals surface area contributed by atoms with Crippen LogP contribution in [0.25, 0.3) is 0 Å². The number of ether oxygens (including phenoxy) is 2.